The molecule has 1 aliphatic rings. The number of rotatable bonds is 4. The molecule has 0 spiro atoms. The van der Waals surface area contributed by atoms with E-state index in [4.69, 9.17) is 9.47 Å². The summed E-state index contributed by atoms with van der Waals surface area (Å²) >= 11 is 0.972. The molecule has 3 nitrogen and oxygen atoms in total. The molecule has 1 unspecified atom stereocenters. The van der Waals surface area contributed by atoms with Crippen molar-refractivity contribution in [1.29, 1.82) is 0 Å². The van der Waals surface area contributed by atoms with E-state index in [9.17, 15) is 13.2 Å². The van der Waals surface area contributed by atoms with Crippen molar-refractivity contribution < 1.29 is 22.6 Å². The molecule has 3 rings (SSSR count). The van der Waals surface area contributed by atoms with Crippen molar-refractivity contribution in [2.45, 2.75) is 12.3 Å². The van der Waals surface area contributed by atoms with E-state index in [2.05, 4.69) is 4.98 Å². The molecule has 0 bridgehead atoms. The molecule has 20 heavy (non-hydrogen) atoms. The quantitative estimate of drug-likeness (QED) is 0.809. The fourth-order valence-electron chi connectivity index (χ4n) is 1.58. The van der Waals surface area contributed by atoms with Crippen LogP contribution in [0.4, 0.5) is 13.2 Å². The number of hydrogen-bond donors (Lipinski definition) is 0. The molecule has 1 aromatic carbocycles. The van der Waals surface area contributed by atoms with Crippen LogP contribution in [-0.2, 0) is 10.9 Å². The Morgan fingerprint density at radius 1 is 1.30 bits per heavy atom. The molecule has 0 N–H and O–H groups in total. The van der Waals surface area contributed by atoms with Crippen LogP contribution < -0.4 is 4.74 Å². The summed E-state index contributed by atoms with van der Waals surface area (Å²) in [6, 6.07) is 6.82. The second-order valence-corrected chi connectivity index (χ2v) is 5.18. The molecule has 1 atom stereocenters. The summed E-state index contributed by atoms with van der Waals surface area (Å²) in [5.74, 6) is 0.664. The Bertz CT molecular complexity index is 590. The number of nitrogens with zero attached hydrogens (tertiary/aromatic N) is 1. The van der Waals surface area contributed by atoms with E-state index < -0.39 is 11.9 Å². The first kappa shape index (κ1) is 13.4. The lowest BCUT2D eigenvalue weighted by molar-refractivity contribution is -0.140. The minimum absolute atomic E-state index is 0.169. The smallest absolute Gasteiger partial charge is 0.434 e. The van der Waals surface area contributed by atoms with Gasteiger partial charge in [0.1, 0.15) is 23.5 Å². The van der Waals surface area contributed by atoms with Gasteiger partial charge in [0.25, 0.3) is 0 Å². The van der Waals surface area contributed by atoms with E-state index in [1.807, 2.05) is 0 Å². The van der Waals surface area contributed by atoms with Crippen molar-refractivity contribution in [3.8, 4) is 16.3 Å². The fourth-order valence-corrected chi connectivity index (χ4v) is 2.42. The van der Waals surface area contributed by atoms with Crippen molar-refractivity contribution in [1.82, 2.24) is 4.98 Å². The highest BCUT2D eigenvalue weighted by atomic mass is 32.1. The Balaban J connectivity index is 1.71. The van der Waals surface area contributed by atoms with E-state index in [1.165, 1.54) is 0 Å². The number of alkyl halides is 3. The Morgan fingerprint density at radius 2 is 2.00 bits per heavy atom. The highest BCUT2D eigenvalue weighted by molar-refractivity contribution is 7.13. The van der Waals surface area contributed by atoms with E-state index in [1.54, 1.807) is 24.3 Å². The molecule has 2 heterocycles. The highest BCUT2D eigenvalue weighted by Crippen LogP contribution is 2.33. The molecule has 1 aliphatic heterocycles. The average Bonchev–Trinajstić information content (AvgIpc) is 3.09. The van der Waals surface area contributed by atoms with Crippen LogP contribution in [-0.4, -0.2) is 24.3 Å². The number of thiazole rings is 1. The Labute approximate surface area is 117 Å². The minimum Gasteiger partial charge on any atom is -0.491 e. The number of benzene rings is 1. The van der Waals surface area contributed by atoms with Gasteiger partial charge in [0.2, 0.25) is 0 Å². The molecular weight excluding hydrogens is 291 g/mol. The van der Waals surface area contributed by atoms with Crippen molar-refractivity contribution in [2.75, 3.05) is 13.2 Å². The number of hydrogen-bond acceptors (Lipinski definition) is 4. The van der Waals surface area contributed by atoms with Crippen LogP contribution in [0, 0.1) is 0 Å². The van der Waals surface area contributed by atoms with Crippen LogP contribution in [0.3, 0.4) is 0 Å². The van der Waals surface area contributed by atoms with Gasteiger partial charge in [0.05, 0.1) is 6.61 Å². The number of epoxide rings is 1. The largest absolute Gasteiger partial charge is 0.491 e. The molecule has 1 aromatic heterocycles. The third-order valence-corrected chi connectivity index (χ3v) is 3.63. The van der Waals surface area contributed by atoms with Crippen molar-refractivity contribution in [3.05, 3.63) is 35.3 Å². The molecule has 106 valence electrons. The number of ether oxygens (including phenoxy) is 2. The second kappa shape index (κ2) is 5.06. The molecule has 2 aromatic rings. The number of halogens is 3. The molecule has 0 amide bonds. The first-order valence-electron chi connectivity index (χ1n) is 5.90. The minimum atomic E-state index is -4.40. The first-order valence-corrected chi connectivity index (χ1v) is 6.78. The van der Waals surface area contributed by atoms with Crippen LogP contribution in [0.25, 0.3) is 10.6 Å². The van der Waals surface area contributed by atoms with Crippen LogP contribution in [0.5, 0.6) is 5.75 Å². The topological polar surface area (TPSA) is 34.6 Å². The lowest BCUT2D eigenvalue weighted by atomic mass is 10.2. The summed E-state index contributed by atoms with van der Waals surface area (Å²) in [5, 5.41) is 1.36. The average molecular weight is 301 g/mol. The van der Waals surface area contributed by atoms with Gasteiger partial charge in [-0.1, -0.05) is 0 Å². The SMILES string of the molecule is FC(F)(F)c1csc(-c2ccc(OCC3CO3)cc2)n1. The summed E-state index contributed by atoms with van der Waals surface area (Å²) < 4.78 is 47.9. The summed E-state index contributed by atoms with van der Waals surface area (Å²) in [4.78, 5) is 3.60. The van der Waals surface area contributed by atoms with Crippen molar-refractivity contribution >= 4 is 11.3 Å². The highest BCUT2D eigenvalue weighted by Gasteiger charge is 2.33. The van der Waals surface area contributed by atoms with Gasteiger partial charge >= 0.3 is 6.18 Å². The summed E-state index contributed by atoms with van der Waals surface area (Å²) in [6.45, 7) is 1.21. The molecular formula is C13H10F3NO2S. The normalized spacial score (nSPS) is 18.1. The van der Waals surface area contributed by atoms with Crippen LogP contribution in [0.2, 0.25) is 0 Å². The van der Waals surface area contributed by atoms with Crippen LogP contribution in [0.15, 0.2) is 29.6 Å². The third kappa shape index (κ3) is 3.10. The zero-order valence-electron chi connectivity index (χ0n) is 10.2. The van der Waals surface area contributed by atoms with Crippen LogP contribution >= 0.6 is 11.3 Å². The zero-order chi connectivity index (χ0) is 14.2. The Morgan fingerprint density at radius 3 is 2.55 bits per heavy atom. The van der Waals surface area contributed by atoms with Crippen LogP contribution in [0.1, 0.15) is 5.69 Å². The Kier molecular flexibility index (Phi) is 3.39. The molecule has 0 saturated carbocycles. The van der Waals surface area contributed by atoms with E-state index >= 15 is 0 Å². The van der Waals surface area contributed by atoms with Gasteiger partial charge in [-0.3, -0.25) is 0 Å². The van der Waals surface area contributed by atoms with Gasteiger partial charge in [-0.05, 0) is 24.3 Å². The van der Waals surface area contributed by atoms with Gasteiger partial charge in [0, 0.05) is 10.9 Å². The standard InChI is InChI=1S/C13H10F3NO2S/c14-13(15,16)11-7-20-12(17-11)8-1-3-9(4-2-8)18-5-10-6-19-10/h1-4,7,10H,5-6H2. The van der Waals surface area contributed by atoms with Gasteiger partial charge in [-0.15, -0.1) is 11.3 Å². The monoisotopic (exact) mass is 301 g/mol. The second-order valence-electron chi connectivity index (χ2n) is 4.33. The maximum absolute atomic E-state index is 12.5. The number of aromatic nitrogens is 1. The molecule has 1 fully saturated rings. The Hall–Kier alpha value is -1.60. The third-order valence-electron chi connectivity index (χ3n) is 2.73. The van der Waals surface area contributed by atoms with Gasteiger partial charge in [0.15, 0.2) is 5.69 Å². The van der Waals surface area contributed by atoms with Crippen molar-refractivity contribution in [3.63, 3.8) is 0 Å². The van der Waals surface area contributed by atoms with E-state index in [-0.39, 0.29) is 6.10 Å². The molecule has 1 saturated heterocycles. The maximum Gasteiger partial charge on any atom is 0.434 e. The summed E-state index contributed by atoms with van der Waals surface area (Å²) in [6.07, 6.45) is -4.23. The molecule has 0 radical (unpaired) electrons. The summed E-state index contributed by atoms with van der Waals surface area (Å²) in [7, 11) is 0. The zero-order valence-corrected chi connectivity index (χ0v) is 11.0. The summed E-state index contributed by atoms with van der Waals surface area (Å²) in [5.41, 5.74) is -0.218. The fraction of sp³-hybridized carbons (Fsp3) is 0.308. The van der Waals surface area contributed by atoms with E-state index in [0.717, 1.165) is 23.3 Å². The predicted octanol–water partition coefficient (Wildman–Crippen LogP) is 3.61. The van der Waals surface area contributed by atoms with E-state index in [0.29, 0.717) is 22.9 Å². The predicted molar refractivity (Wildman–Crippen MR) is 67.8 cm³/mol. The van der Waals surface area contributed by atoms with Crippen molar-refractivity contribution in [2.24, 2.45) is 0 Å². The lowest BCUT2D eigenvalue weighted by Crippen LogP contribution is -2.04. The van der Waals surface area contributed by atoms with Gasteiger partial charge in [-0.25, -0.2) is 4.98 Å². The van der Waals surface area contributed by atoms with Gasteiger partial charge in [-0.2, -0.15) is 13.2 Å². The molecule has 0 aliphatic carbocycles. The first-order chi connectivity index (χ1) is 9.52. The molecule has 7 heteroatoms. The van der Waals surface area contributed by atoms with Gasteiger partial charge < -0.3 is 9.47 Å². The maximum atomic E-state index is 12.5. The lowest BCUT2D eigenvalue weighted by Gasteiger charge is -2.04.